The first-order valence-electron chi connectivity index (χ1n) is 9.82. The number of ketones is 1. The number of nitrogens with two attached hydrogens (primary N) is 1. The lowest BCUT2D eigenvalue weighted by molar-refractivity contribution is -0.676. The molecule has 0 saturated carbocycles. The molecule has 3 N–H and O–H groups in total. The zero-order valence-corrected chi connectivity index (χ0v) is 15.8. The molecule has 1 aliphatic rings. The summed E-state index contributed by atoms with van der Waals surface area (Å²) < 4.78 is 2.06. The van der Waals surface area contributed by atoms with Crippen LogP contribution in [0.5, 0.6) is 0 Å². The number of aromatic nitrogens is 1. The van der Waals surface area contributed by atoms with Crippen molar-refractivity contribution in [2.75, 3.05) is 6.54 Å². The van der Waals surface area contributed by atoms with Gasteiger partial charge in [0.25, 0.3) is 0 Å². The van der Waals surface area contributed by atoms with E-state index in [-0.39, 0.29) is 5.78 Å². The lowest BCUT2D eigenvalue weighted by Crippen LogP contribution is -2.85. The monoisotopic (exact) mass is 363 g/mol. The quantitative estimate of drug-likeness (QED) is 0.707. The number of aliphatic hydroxyl groups excluding tert-OH is 1. The Labute approximate surface area is 159 Å². The van der Waals surface area contributed by atoms with E-state index in [4.69, 9.17) is 0 Å². The molecule has 4 rings (SSSR count). The summed E-state index contributed by atoms with van der Waals surface area (Å²) in [6.45, 7) is 4.01. The van der Waals surface area contributed by atoms with Gasteiger partial charge in [0.1, 0.15) is 19.2 Å². The number of rotatable bonds is 6. The van der Waals surface area contributed by atoms with Crippen LogP contribution in [0.3, 0.4) is 0 Å². The fraction of sp³-hybridized carbons (Fsp3) is 0.348. The Morgan fingerprint density at radius 2 is 1.96 bits per heavy atom. The molecular formula is C23H27N2O2+. The molecule has 2 aromatic carbocycles. The van der Waals surface area contributed by atoms with Crippen LogP contribution in [0.1, 0.15) is 40.0 Å². The maximum absolute atomic E-state index is 12.6. The van der Waals surface area contributed by atoms with Crippen molar-refractivity contribution < 1.29 is 15.2 Å². The number of nitrogens with zero attached hydrogens (tertiary/aromatic N) is 1. The second-order valence-electron chi connectivity index (χ2n) is 7.60. The molecule has 0 unspecified atom stereocenters. The minimum absolute atomic E-state index is 0.213. The number of aryl methyl sites for hydroxylation is 2. The SMILES string of the molecule is Cc1ccc2c(c1)c1c(n2C[C@@H](O)C[NH2+]Cc2ccccc2)C(=O)CCC1. The van der Waals surface area contributed by atoms with Gasteiger partial charge in [-0.25, -0.2) is 0 Å². The highest BCUT2D eigenvalue weighted by Crippen LogP contribution is 2.33. The van der Waals surface area contributed by atoms with Gasteiger partial charge in [-0.1, -0.05) is 42.0 Å². The van der Waals surface area contributed by atoms with Crippen molar-refractivity contribution in [3.8, 4) is 0 Å². The van der Waals surface area contributed by atoms with E-state index in [1.165, 1.54) is 22.1 Å². The molecule has 140 valence electrons. The maximum Gasteiger partial charge on any atom is 0.179 e. The first-order valence-corrected chi connectivity index (χ1v) is 9.82. The maximum atomic E-state index is 12.6. The van der Waals surface area contributed by atoms with Gasteiger partial charge >= 0.3 is 0 Å². The van der Waals surface area contributed by atoms with Crippen molar-refractivity contribution in [1.82, 2.24) is 4.57 Å². The summed E-state index contributed by atoms with van der Waals surface area (Å²) in [5.74, 6) is 0.213. The number of aliphatic hydroxyl groups is 1. The smallest absolute Gasteiger partial charge is 0.179 e. The Bertz CT molecular complexity index is 959. The van der Waals surface area contributed by atoms with Crippen molar-refractivity contribution >= 4 is 16.7 Å². The van der Waals surface area contributed by atoms with Gasteiger partial charge in [-0.15, -0.1) is 0 Å². The molecule has 1 aromatic heterocycles. The summed E-state index contributed by atoms with van der Waals surface area (Å²) in [6, 6.07) is 16.6. The highest BCUT2D eigenvalue weighted by atomic mass is 16.3. The lowest BCUT2D eigenvalue weighted by Gasteiger charge is -2.17. The molecule has 4 nitrogen and oxygen atoms in total. The van der Waals surface area contributed by atoms with E-state index in [1.807, 2.05) is 18.2 Å². The molecule has 0 amide bonds. The zero-order chi connectivity index (χ0) is 18.8. The van der Waals surface area contributed by atoms with Crippen LogP contribution in [0.4, 0.5) is 0 Å². The third kappa shape index (κ3) is 3.68. The summed E-state index contributed by atoms with van der Waals surface area (Å²) in [6.07, 6.45) is 1.99. The van der Waals surface area contributed by atoms with E-state index in [1.54, 1.807) is 0 Å². The van der Waals surface area contributed by atoms with Crippen molar-refractivity contribution in [3.63, 3.8) is 0 Å². The number of hydrogen-bond donors (Lipinski definition) is 2. The second kappa shape index (κ2) is 7.67. The summed E-state index contributed by atoms with van der Waals surface area (Å²) in [5.41, 5.74) is 5.52. The average Bonchev–Trinajstić information content (AvgIpc) is 2.97. The number of hydrogen-bond acceptors (Lipinski definition) is 2. The van der Waals surface area contributed by atoms with Gasteiger partial charge in [0, 0.05) is 22.9 Å². The second-order valence-corrected chi connectivity index (χ2v) is 7.60. The van der Waals surface area contributed by atoms with Gasteiger partial charge in [-0.05, 0) is 37.5 Å². The van der Waals surface area contributed by atoms with E-state index >= 15 is 0 Å². The van der Waals surface area contributed by atoms with E-state index in [0.717, 1.165) is 30.6 Å². The summed E-state index contributed by atoms with van der Waals surface area (Å²) in [7, 11) is 0. The highest BCUT2D eigenvalue weighted by Gasteiger charge is 2.27. The van der Waals surface area contributed by atoms with Crippen LogP contribution in [-0.2, 0) is 19.5 Å². The first-order chi connectivity index (χ1) is 13.1. The van der Waals surface area contributed by atoms with Gasteiger partial charge in [-0.2, -0.15) is 0 Å². The molecule has 1 aliphatic carbocycles. The average molecular weight is 363 g/mol. The van der Waals surface area contributed by atoms with E-state index in [9.17, 15) is 9.90 Å². The predicted molar refractivity (Wildman–Crippen MR) is 107 cm³/mol. The Balaban J connectivity index is 1.54. The number of carbonyl (C=O) groups excluding carboxylic acids is 1. The largest absolute Gasteiger partial charge is 0.385 e. The molecule has 0 radical (unpaired) electrons. The number of carbonyl (C=O) groups is 1. The summed E-state index contributed by atoms with van der Waals surface area (Å²) in [5, 5.41) is 13.9. The molecule has 0 spiro atoms. The Hall–Kier alpha value is -2.43. The van der Waals surface area contributed by atoms with Gasteiger partial charge < -0.3 is 15.0 Å². The van der Waals surface area contributed by atoms with Gasteiger partial charge in [0.05, 0.1) is 12.2 Å². The Morgan fingerprint density at radius 3 is 2.78 bits per heavy atom. The topological polar surface area (TPSA) is 58.8 Å². The van der Waals surface area contributed by atoms with Crippen LogP contribution in [0.2, 0.25) is 0 Å². The zero-order valence-electron chi connectivity index (χ0n) is 15.8. The van der Waals surface area contributed by atoms with Gasteiger partial charge in [-0.3, -0.25) is 4.79 Å². The predicted octanol–water partition coefficient (Wildman–Crippen LogP) is 2.59. The first kappa shape index (κ1) is 18.0. The third-order valence-corrected chi connectivity index (χ3v) is 5.47. The molecule has 3 aromatic rings. The molecule has 0 fully saturated rings. The molecule has 4 heteroatoms. The van der Waals surface area contributed by atoms with E-state index in [0.29, 0.717) is 19.5 Å². The minimum Gasteiger partial charge on any atom is -0.385 e. The number of quaternary nitrogens is 1. The normalized spacial score (nSPS) is 15.1. The fourth-order valence-electron chi connectivity index (χ4n) is 4.19. The van der Waals surface area contributed by atoms with Gasteiger partial charge in [0.2, 0.25) is 0 Å². The standard InChI is InChI=1S/C23H26N2O2/c1-16-10-11-21-20(12-16)19-8-5-9-22(27)23(19)25(21)15-18(26)14-24-13-17-6-3-2-4-7-17/h2-4,6-7,10-12,18,24,26H,5,8-9,13-15H2,1H3/p+1/t18-/m0/s1. The van der Waals surface area contributed by atoms with E-state index in [2.05, 4.69) is 47.1 Å². The molecule has 1 heterocycles. The van der Waals surface area contributed by atoms with Crippen molar-refractivity contribution in [1.29, 1.82) is 0 Å². The number of benzene rings is 2. The molecule has 0 saturated heterocycles. The third-order valence-electron chi connectivity index (χ3n) is 5.47. The van der Waals surface area contributed by atoms with Crippen LogP contribution >= 0.6 is 0 Å². The number of Topliss-reactive ketones (excluding diaryl/α,β-unsaturated/α-hetero) is 1. The van der Waals surface area contributed by atoms with Crippen LogP contribution in [-0.4, -0.2) is 28.1 Å². The van der Waals surface area contributed by atoms with Crippen molar-refractivity contribution in [2.45, 2.75) is 45.4 Å². The Kier molecular flexibility index (Phi) is 5.10. The lowest BCUT2D eigenvalue weighted by atomic mass is 9.94. The van der Waals surface area contributed by atoms with Crippen LogP contribution in [0.25, 0.3) is 10.9 Å². The van der Waals surface area contributed by atoms with E-state index < -0.39 is 6.10 Å². The molecular weight excluding hydrogens is 336 g/mol. The number of fused-ring (bicyclic) bond motifs is 3. The summed E-state index contributed by atoms with van der Waals surface area (Å²) in [4.78, 5) is 12.6. The molecule has 0 aliphatic heterocycles. The molecule has 27 heavy (non-hydrogen) atoms. The molecule has 0 bridgehead atoms. The van der Waals surface area contributed by atoms with Crippen LogP contribution < -0.4 is 5.32 Å². The fourth-order valence-corrected chi connectivity index (χ4v) is 4.19. The Morgan fingerprint density at radius 1 is 1.15 bits per heavy atom. The van der Waals surface area contributed by atoms with Crippen LogP contribution in [0, 0.1) is 6.92 Å². The van der Waals surface area contributed by atoms with Crippen molar-refractivity contribution in [2.24, 2.45) is 0 Å². The van der Waals surface area contributed by atoms with Crippen molar-refractivity contribution in [3.05, 3.63) is 70.9 Å². The summed E-state index contributed by atoms with van der Waals surface area (Å²) >= 11 is 0. The molecule has 1 atom stereocenters. The van der Waals surface area contributed by atoms with Crippen LogP contribution in [0.15, 0.2) is 48.5 Å². The van der Waals surface area contributed by atoms with Gasteiger partial charge in [0.15, 0.2) is 5.78 Å². The highest BCUT2D eigenvalue weighted by molar-refractivity contribution is 6.04. The minimum atomic E-state index is -0.496.